The highest BCUT2D eigenvalue weighted by atomic mass is 19.1. The van der Waals surface area contributed by atoms with Crippen molar-refractivity contribution in [3.63, 3.8) is 0 Å². The van der Waals surface area contributed by atoms with E-state index in [-0.39, 0.29) is 11.2 Å². The second-order valence-electron chi connectivity index (χ2n) is 5.73. The molecule has 2 N–H and O–H groups in total. The first-order valence-electron chi connectivity index (χ1n) is 6.63. The number of rotatable bonds is 3. The average molecular weight is 306 g/mol. The topological polar surface area (TPSA) is 66.9 Å². The van der Waals surface area contributed by atoms with Crippen LogP contribution in [0, 0.1) is 11.6 Å². The maximum Gasteiger partial charge on any atom is 0.276 e. The van der Waals surface area contributed by atoms with E-state index in [1.165, 1.54) is 12.1 Å². The zero-order valence-electron chi connectivity index (χ0n) is 12.4. The van der Waals surface area contributed by atoms with Crippen molar-refractivity contribution in [1.82, 2.24) is 10.2 Å². The Morgan fingerprint density at radius 2 is 1.68 bits per heavy atom. The molecule has 0 aliphatic rings. The number of benzene rings is 1. The Morgan fingerprint density at radius 1 is 1.05 bits per heavy atom. The normalized spacial score (nSPS) is 11.1. The number of aromatic nitrogens is 2. The van der Waals surface area contributed by atoms with E-state index in [1.54, 1.807) is 6.07 Å². The lowest BCUT2D eigenvalue weighted by molar-refractivity contribution is 0.102. The second-order valence-corrected chi connectivity index (χ2v) is 5.73. The lowest BCUT2D eigenvalue weighted by Gasteiger charge is -2.20. The SMILES string of the molecule is CC(C)(C)Nc1ccc(C(=O)Nc2c(F)cccc2F)nn1. The number of carbonyl (C=O) groups excluding carboxylic acids is 1. The molecule has 0 radical (unpaired) electrons. The van der Waals surface area contributed by atoms with Crippen LogP contribution < -0.4 is 10.6 Å². The summed E-state index contributed by atoms with van der Waals surface area (Å²) in [5.41, 5.74) is -0.748. The number of amides is 1. The van der Waals surface area contributed by atoms with E-state index in [9.17, 15) is 13.6 Å². The summed E-state index contributed by atoms with van der Waals surface area (Å²) in [6, 6.07) is 6.33. The fourth-order valence-electron chi connectivity index (χ4n) is 1.70. The van der Waals surface area contributed by atoms with Gasteiger partial charge in [-0.1, -0.05) is 6.07 Å². The van der Waals surface area contributed by atoms with Gasteiger partial charge in [-0.3, -0.25) is 4.79 Å². The molecular weight excluding hydrogens is 290 g/mol. The Labute approximate surface area is 126 Å². The highest BCUT2D eigenvalue weighted by Gasteiger charge is 2.16. The molecule has 1 aromatic carbocycles. The summed E-state index contributed by atoms with van der Waals surface area (Å²) >= 11 is 0. The number of hydrogen-bond donors (Lipinski definition) is 2. The standard InChI is InChI=1S/C15H16F2N4O/c1-15(2,3)19-12-8-7-11(20-21-12)14(22)18-13-9(16)5-4-6-10(13)17/h4-8H,1-3H3,(H,18,22)(H,19,21). The number of hydrogen-bond acceptors (Lipinski definition) is 4. The van der Waals surface area contributed by atoms with Gasteiger partial charge in [0.25, 0.3) is 5.91 Å². The van der Waals surface area contributed by atoms with Crippen molar-refractivity contribution >= 4 is 17.4 Å². The van der Waals surface area contributed by atoms with Crippen molar-refractivity contribution in [3.8, 4) is 0 Å². The van der Waals surface area contributed by atoms with E-state index >= 15 is 0 Å². The lowest BCUT2D eigenvalue weighted by Crippen LogP contribution is -2.27. The van der Waals surface area contributed by atoms with Gasteiger partial charge in [0.1, 0.15) is 23.1 Å². The Morgan fingerprint density at radius 3 is 2.18 bits per heavy atom. The molecule has 0 saturated carbocycles. The van der Waals surface area contributed by atoms with Crippen molar-refractivity contribution in [2.24, 2.45) is 0 Å². The highest BCUT2D eigenvalue weighted by molar-refractivity contribution is 6.02. The molecule has 1 aromatic heterocycles. The predicted octanol–water partition coefficient (Wildman–Crippen LogP) is 3.22. The van der Waals surface area contributed by atoms with Crippen LogP contribution in [0.15, 0.2) is 30.3 Å². The van der Waals surface area contributed by atoms with Crippen LogP contribution in [0.4, 0.5) is 20.3 Å². The highest BCUT2D eigenvalue weighted by Crippen LogP contribution is 2.19. The van der Waals surface area contributed by atoms with Crippen molar-refractivity contribution in [2.75, 3.05) is 10.6 Å². The van der Waals surface area contributed by atoms with Gasteiger partial charge in [0, 0.05) is 5.54 Å². The van der Waals surface area contributed by atoms with Gasteiger partial charge in [-0.05, 0) is 45.0 Å². The summed E-state index contributed by atoms with van der Waals surface area (Å²) in [5.74, 6) is -1.94. The molecule has 5 nitrogen and oxygen atoms in total. The molecule has 2 aromatic rings. The molecule has 0 saturated heterocycles. The number of nitrogens with one attached hydrogen (secondary N) is 2. The molecule has 22 heavy (non-hydrogen) atoms. The van der Waals surface area contributed by atoms with Crippen LogP contribution >= 0.6 is 0 Å². The number of nitrogens with zero attached hydrogens (tertiary/aromatic N) is 2. The molecule has 116 valence electrons. The fraction of sp³-hybridized carbons (Fsp3) is 0.267. The molecular formula is C15H16F2N4O. The Kier molecular flexibility index (Phi) is 4.35. The Hall–Kier alpha value is -2.57. The minimum atomic E-state index is -0.854. The molecule has 0 fully saturated rings. The summed E-state index contributed by atoms with van der Waals surface area (Å²) in [6.45, 7) is 5.86. The molecule has 2 rings (SSSR count). The smallest absolute Gasteiger partial charge is 0.276 e. The average Bonchev–Trinajstić information content (AvgIpc) is 2.42. The van der Waals surface area contributed by atoms with Crippen molar-refractivity contribution in [3.05, 3.63) is 47.7 Å². The lowest BCUT2D eigenvalue weighted by atomic mass is 10.1. The van der Waals surface area contributed by atoms with Gasteiger partial charge in [0.2, 0.25) is 0 Å². The van der Waals surface area contributed by atoms with Crippen LogP contribution in [0.2, 0.25) is 0 Å². The molecule has 0 aliphatic carbocycles. The van der Waals surface area contributed by atoms with Crippen LogP contribution in [0.25, 0.3) is 0 Å². The molecule has 0 unspecified atom stereocenters. The Balaban J connectivity index is 2.13. The third-order valence-electron chi connectivity index (χ3n) is 2.60. The summed E-state index contributed by atoms with van der Waals surface area (Å²) < 4.78 is 27.0. The van der Waals surface area contributed by atoms with E-state index < -0.39 is 23.2 Å². The minimum Gasteiger partial charge on any atom is -0.364 e. The first-order chi connectivity index (χ1) is 10.3. The van der Waals surface area contributed by atoms with Crippen molar-refractivity contribution in [1.29, 1.82) is 0 Å². The van der Waals surface area contributed by atoms with Crippen LogP contribution in [0.3, 0.4) is 0 Å². The largest absolute Gasteiger partial charge is 0.364 e. The van der Waals surface area contributed by atoms with Crippen LogP contribution in [0.5, 0.6) is 0 Å². The maximum absolute atomic E-state index is 13.5. The van der Waals surface area contributed by atoms with Gasteiger partial charge in [-0.25, -0.2) is 8.78 Å². The van der Waals surface area contributed by atoms with Gasteiger partial charge in [-0.2, -0.15) is 0 Å². The van der Waals surface area contributed by atoms with E-state index in [4.69, 9.17) is 0 Å². The fourth-order valence-corrected chi connectivity index (χ4v) is 1.70. The number of halogens is 2. The molecule has 0 bridgehead atoms. The number of carbonyl (C=O) groups is 1. The van der Waals surface area contributed by atoms with Gasteiger partial charge in [-0.15, -0.1) is 10.2 Å². The third kappa shape index (κ3) is 3.97. The van der Waals surface area contributed by atoms with Crippen LogP contribution in [0.1, 0.15) is 31.3 Å². The van der Waals surface area contributed by atoms with Gasteiger partial charge in [0.15, 0.2) is 5.69 Å². The molecule has 1 heterocycles. The van der Waals surface area contributed by atoms with Gasteiger partial charge >= 0.3 is 0 Å². The predicted molar refractivity (Wildman–Crippen MR) is 79.7 cm³/mol. The number of para-hydroxylation sites is 1. The maximum atomic E-state index is 13.5. The van der Waals surface area contributed by atoms with Gasteiger partial charge in [0.05, 0.1) is 0 Å². The molecule has 1 amide bonds. The van der Waals surface area contributed by atoms with Crippen LogP contribution in [-0.4, -0.2) is 21.6 Å². The summed E-state index contributed by atoms with van der Waals surface area (Å²) in [4.78, 5) is 11.9. The Bertz CT molecular complexity index is 661. The molecule has 0 spiro atoms. The summed E-state index contributed by atoms with van der Waals surface area (Å²) in [5, 5.41) is 12.9. The summed E-state index contributed by atoms with van der Waals surface area (Å²) in [7, 11) is 0. The van der Waals surface area contributed by atoms with Gasteiger partial charge < -0.3 is 10.6 Å². The minimum absolute atomic E-state index is 0.0397. The number of anilines is 2. The third-order valence-corrected chi connectivity index (χ3v) is 2.60. The van der Waals surface area contributed by atoms with Crippen molar-refractivity contribution in [2.45, 2.75) is 26.3 Å². The van der Waals surface area contributed by atoms with Crippen LogP contribution in [-0.2, 0) is 0 Å². The summed E-state index contributed by atoms with van der Waals surface area (Å²) in [6.07, 6.45) is 0. The van der Waals surface area contributed by atoms with E-state index in [0.29, 0.717) is 5.82 Å². The first-order valence-corrected chi connectivity index (χ1v) is 6.63. The zero-order chi connectivity index (χ0) is 16.3. The van der Waals surface area contributed by atoms with E-state index in [2.05, 4.69) is 20.8 Å². The molecule has 0 atom stereocenters. The first kappa shape index (κ1) is 15.8. The molecule has 7 heteroatoms. The van der Waals surface area contributed by atoms with E-state index in [1.807, 2.05) is 20.8 Å². The quantitative estimate of drug-likeness (QED) is 0.913. The molecule has 0 aliphatic heterocycles. The van der Waals surface area contributed by atoms with Crippen molar-refractivity contribution < 1.29 is 13.6 Å². The zero-order valence-corrected chi connectivity index (χ0v) is 12.4. The second kappa shape index (κ2) is 6.05. The monoisotopic (exact) mass is 306 g/mol. The van der Waals surface area contributed by atoms with E-state index in [0.717, 1.165) is 12.1 Å².